The molecule has 0 aromatic heterocycles. The Labute approximate surface area is 116 Å². The Morgan fingerprint density at radius 1 is 1.50 bits per heavy atom. The van der Waals surface area contributed by atoms with Crippen molar-refractivity contribution >= 4 is 29.9 Å². The van der Waals surface area contributed by atoms with E-state index in [9.17, 15) is 9.18 Å². The molecule has 1 heterocycles. The van der Waals surface area contributed by atoms with Gasteiger partial charge in [-0.1, -0.05) is 17.7 Å². The van der Waals surface area contributed by atoms with Gasteiger partial charge in [0.25, 0.3) is 5.91 Å². The fourth-order valence-corrected chi connectivity index (χ4v) is 2.09. The SMILES string of the molecule is Cl.O=C(N[C@H]1CCCNC1)c1cccc(Cl)c1F. The van der Waals surface area contributed by atoms with E-state index in [0.29, 0.717) is 0 Å². The molecule has 2 N–H and O–H groups in total. The van der Waals surface area contributed by atoms with Crippen LogP contribution in [0.15, 0.2) is 18.2 Å². The molecule has 1 atom stereocenters. The fraction of sp³-hybridized carbons (Fsp3) is 0.417. The van der Waals surface area contributed by atoms with Crippen molar-refractivity contribution in [3.8, 4) is 0 Å². The molecule has 1 fully saturated rings. The van der Waals surface area contributed by atoms with Crippen molar-refractivity contribution in [1.82, 2.24) is 10.6 Å². The summed E-state index contributed by atoms with van der Waals surface area (Å²) in [6.45, 7) is 1.70. The van der Waals surface area contributed by atoms with Crippen LogP contribution in [-0.4, -0.2) is 25.0 Å². The summed E-state index contributed by atoms with van der Waals surface area (Å²) >= 11 is 5.63. The molecule has 100 valence electrons. The van der Waals surface area contributed by atoms with E-state index >= 15 is 0 Å². The number of carbonyl (C=O) groups is 1. The minimum Gasteiger partial charge on any atom is -0.348 e. The minimum atomic E-state index is -0.657. The Bertz CT molecular complexity index is 423. The van der Waals surface area contributed by atoms with Crippen LogP contribution in [0.1, 0.15) is 23.2 Å². The van der Waals surface area contributed by atoms with Crippen LogP contribution < -0.4 is 10.6 Å². The lowest BCUT2D eigenvalue weighted by Gasteiger charge is -2.23. The Morgan fingerprint density at radius 3 is 2.94 bits per heavy atom. The second-order valence-electron chi connectivity index (χ2n) is 4.12. The quantitative estimate of drug-likeness (QED) is 0.879. The first kappa shape index (κ1) is 15.2. The highest BCUT2D eigenvalue weighted by molar-refractivity contribution is 6.31. The van der Waals surface area contributed by atoms with Gasteiger partial charge in [-0.25, -0.2) is 4.39 Å². The van der Waals surface area contributed by atoms with Crippen molar-refractivity contribution in [3.63, 3.8) is 0 Å². The van der Waals surface area contributed by atoms with Gasteiger partial charge in [-0.3, -0.25) is 4.79 Å². The number of amides is 1. The maximum absolute atomic E-state index is 13.6. The highest BCUT2D eigenvalue weighted by atomic mass is 35.5. The van der Waals surface area contributed by atoms with E-state index in [-0.39, 0.29) is 29.0 Å². The topological polar surface area (TPSA) is 41.1 Å². The van der Waals surface area contributed by atoms with Crippen molar-refractivity contribution in [1.29, 1.82) is 0 Å². The highest BCUT2D eigenvalue weighted by Gasteiger charge is 2.19. The van der Waals surface area contributed by atoms with Crippen LogP contribution in [-0.2, 0) is 0 Å². The second kappa shape index (κ2) is 6.92. The largest absolute Gasteiger partial charge is 0.348 e. The van der Waals surface area contributed by atoms with Gasteiger partial charge >= 0.3 is 0 Å². The summed E-state index contributed by atoms with van der Waals surface area (Å²) in [5.41, 5.74) is 0.00285. The molecule has 0 unspecified atom stereocenters. The third kappa shape index (κ3) is 3.57. The Morgan fingerprint density at radius 2 is 2.28 bits per heavy atom. The van der Waals surface area contributed by atoms with Crippen LogP contribution in [0.4, 0.5) is 4.39 Å². The normalized spacial score (nSPS) is 18.9. The van der Waals surface area contributed by atoms with Gasteiger partial charge in [0, 0.05) is 12.6 Å². The van der Waals surface area contributed by atoms with Gasteiger partial charge in [0.2, 0.25) is 0 Å². The van der Waals surface area contributed by atoms with Crippen molar-refractivity contribution in [3.05, 3.63) is 34.6 Å². The van der Waals surface area contributed by atoms with Crippen LogP contribution in [0.3, 0.4) is 0 Å². The molecule has 0 spiro atoms. The average molecular weight is 293 g/mol. The first-order valence-electron chi connectivity index (χ1n) is 5.64. The molecule has 1 aromatic rings. The van der Waals surface area contributed by atoms with E-state index in [1.54, 1.807) is 6.07 Å². The van der Waals surface area contributed by atoms with E-state index in [0.717, 1.165) is 25.9 Å². The van der Waals surface area contributed by atoms with Crippen molar-refractivity contribution in [2.24, 2.45) is 0 Å². The van der Waals surface area contributed by atoms with Crippen LogP contribution in [0.5, 0.6) is 0 Å². The van der Waals surface area contributed by atoms with Crippen LogP contribution in [0.25, 0.3) is 0 Å². The minimum absolute atomic E-state index is 0. The van der Waals surface area contributed by atoms with E-state index < -0.39 is 11.7 Å². The number of hydrogen-bond donors (Lipinski definition) is 2. The summed E-state index contributed by atoms with van der Waals surface area (Å²) in [5.74, 6) is -1.06. The maximum atomic E-state index is 13.6. The summed E-state index contributed by atoms with van der Waals surface area (Å²) < 4.78 is 13.6. The maximum Gasteiger partial charge on any atom is 0.254 e. The van der Waals surface area contributed by atoms with Gasteiger partial charge in [-0.05, 0) is 31.5 Å². The van der Waals surface area contributed by atoms with Gasteiger partial charge in [0.1, 0.15) is 0 Å². The molecule has 0 aliphatic carbocycles. The summed E-state index contributed by atoms with van der Waals surface area (Å²) in [5, 5.41) is 5.96. The summed E-state index contributed by atoms with van der Waals surface area (Å²) in [6.07, 6.45) is 1.93. The zero-order chi connectivity index (χ0) is 12.3. The predicted molar refractivity (Wildman–Crippen MR) is 72.0 cm³/mol. The van der Waals surface area contributed by atoms with E-state index in [2.05, 4.69) is 10.6 Å². The average Bonchev–Trinajstić information content (AvgIpc) is 2.34. The predicted octanol–water partition coefficient (Wildman–Crippen LogP) is 2.38. The molecular weight excluding hydrogens is 278 g/mol. The molecule has 6 heteroatoms. The lowest BCUT2D eigenvalue weighted by atomic mass is 10.1. The number of piperidine rings is 1. The summed E-state index contributed by atoms with van der Waals surface area (Å²) in [4.78, 5) is 11.8. The molecule has 1 aliphatic heterocycles. The first-order chi connectivity index (χ1) is 8.18. The molecule has 3 nitrogen and oxygen atoms in total. The van der Waals surface area contributed by atoms with E-state index in [1.807, 2.05) is 0 Å². The van der Waals surface area contributed by atoms with Crippen LogP contribution in [0.2, 0.25) is 5.02 Å². The number of rotatable bonds is 2. The number of nitrogens with one attached hydrogen (secondary N) is 2. The van der Waals surface area contributed by atoms with Crippen LogP contribution >= 0.6 is 24.0 Å². The first-order valence-corrected chi connectivity index (χ1v) is 6.02. The third-order valence-corrected chi connectivity index (χ3v) is 3.12. The lowest BCUT2D eigenvalue weighted by Crippen LogP contribution is -2.45. The smallest absolute Gasteiger partial charge is 0.254 e. The molecule has 1 aliphatic rings. The number of carbonyl (C=O) groups excluding carboxylic acids is 1. The molecule has 0 bridgehead atoms. The second-order valence-corrected chi connectivity index (χ2v) is 4.53. The monoisotopic (exact) mass is 292 g/mol. The molecular formula is C12H15Cl2FN2O. The van der Waals surface area contributed by atoms with Gasteiger partial charge in [0.05, 0.1) is 10.6 Å². The lowest BCUT2D eigenvalue weighted by molar-refractivity contribution is 0.0926. The number of hydrogen-bond acceptors (Lipinski definition) is 2. The Kier molecular flexibility index (Phi) is 5.85. The molecule has 0 saturated carbocycles. The molecule has 1 amide bonds. The van der Waals surface area contributed by atoms with Gasteiger partial charge in [0.15, 0.2) is 5.82 Å². The molecule has 1 aromatic carbocycles. The van der Waals surface area contributed by atoms with Crippen molar-refractivity contribution in [2.45, 2.75) is 18.9 Å². The van der Waals surface area contributed by atoms with E-state index in [1.165, 1.54) is 12.1 Å². The van der Waals surface area contributed by atoms with Crippen molar-refractivity contribution < 1.29 is 9.18 Å². The van der Waals surface area contributed by atoms with Gasteiger partial charge < -0.3 is 10.6 Å². The molecule has 18 heavy (non-hydrogen) atoms. The third-order valence-electron chi connectivity index (χ3n) is 2.83. The number of benzene rings is 1. The number of halogens is 3. The Balaban J connectivity index is 0.00000162. The molecule has 1 saturated heterocycles. The van der Waals surface area contributed by atoms with Gasteiger partial charge in [-0.2, -0.15) is 0 Å². The summed E-state index contributed by atoms with van der Waals surface area (Å²) in [7, 11) is 0. The zero-order valence-electron chi connectivity index (χ0n) is 9.71. The zero-order valence-corrected chi connectivity index (χ0v) is 11.3. The molecule has 0 radical (unpaired) electrons. The van der Waals surface area contributed by atoms with Crippen LogP contribution in [0, 0.1) is 5.82 Å². The Hall–Kier alpha value is -0.840. The van der Waals surface area contributed by atoms with Crippen molar-refractivity contribution in [2.75, 3.05) is 13.1 Å². The standard InChI is InChI=1S/C12H14ClFN2O.ClH/c13-10-5-1-4-9(11(10)14)12(17)16-8-3-2-6-15-7-8;/h1,4-5,8,15H,2-3,6-7H2,(H,16,17);1H/t8-;/m0./s1. The highest BCUT2D eigenvalue weighted by Crippen LogP contribution is 2.18. The van der Waals surface area contributed by atoms with Gasteiger partial charge in [-0.15, -0.1) is 12.4 Å². The summed E-state index contributed by atoms with van der Waals surface area (Å²) in [6, 6.07) is 4.50. The van der Waals surface area contributed by atoms with E-state index in [4.69, 9.17) is 11.6 Å². The molecule has 2 rings (SSSR count). The fourth-order valence-electron chi connectivity index (χ4n) is 1.92.